The van der Waals surface area contributed by atoms with Crippen molar-refractivity contribution in [2.45, 2.75) is 31.9 Å². The van der Waals surface area contributed by atoms with E-state index in [1.807, 2.05) is 37.3 Å². The molecule has 0 unspecified atom stereocenters. The standard InChI is InChI=1S/C21H25NO5/c1-2-25-20-9-14(3-5-17(20)23)11-22-8-7-16(18(24)12-22)15-4-6-19-21(10-15)27-13-26-19/h3-6,9-10,16,18,23-24H,2,7-8,11-13H2,1H3/t16-,18+/m0/s1. The van der Waals surface area contributed by atoms with Crippen LogP contribution in [0.2, 0.25) is 0 Å². The van der Waals surface area contributed by atoms with Crippen molar-refractivity contribution in [3.63, 3.8) is 0 Å². The SMILES string of the molecule is CCOc1cc(CN2CC[C@@H](c3ccc4c(c3)OCO4)[C@H](O)C2)ccc1O. The van der Waals surface area contributed by atoms with Crippen LogP contribution in [0.25, 0.3) is 0 Å². The molecule has 1 fully saturated rings. The quantitative estimate of drug-likeness (QED) is 0.842. The van der Waals surface area contributed by atoms with Crippen molar-refractivity contribution in [2.75, 3.05) is 26.5 Å². The first-order valence-electron chi connectivity index (χ1n) is 9.38. The van der Waals surface area contributed by atoms with Crippen LogP contribution in [0, 0.1) is 0 Å². The number of nitrogens with zero attached hydrogens (tertiary/aromatic N) is 1. The fourth-order valence-corrected chi connectivity index (χ4v) is 3.86. The van der Waals surface area contributed by atoms with E-state index in [2.05, 4.69) is 4.90 Å². The van der Waals surface area contributed by atoms with Gasteiger partial charge in [0.15, 0.2) is 23.0 Å². The van der Waals surface area contributed by atoms with Crippen LogP contribution in [0.4, 0.5) is 0 Å². The Morgan fingerprint density at radius 2 is 2.00 bits per heavy atom. The molecule has 0 aromatic heterocycles. The van der Waals surface area contributed by atoms with E-state index < -0.39 is 6.10 Å². The van der Waals surface area contributed by atoms with Crippen LogP contribution in [0.5, 0.6) is 23.0 Å². The third-order valence-electron chi connectivity index (χ3n) is 5.22. The third kappa shape index (κ3) is 3.82. The predicted molar refractivity (Wildman–Crippen MR) is 100 cm³/mol. The van der Waals surface area contributed by atoms with E-state index >= 15 is 0 Å². The van der Waals surface area contributed by atoms with E-state index in [-0.39, 0.29) is 18.5 Å². The highest BCUT2D eigenvalue weighted by molar-refractivity contribution is 5.46. The maximum atomic E-state index is 10.7. The molecule has 0 spiro atoms. The highest BCUT2D eigenvalue weighted by atomic mass is 16.7. The molecular formula is C21H25NO5. The smallest absolute Gasteiger partial charge is 0.231 e. The summed E-state index contributed by atoms with van der Waals surface area (Å²) in [6.45, 7) is 4.87. The second-order valence-corrected chi connectivity index (χ2v) is 7.05. The van der Waals surface area contributed by atoms with Gasteiger partial charge in [0.2, 0.25) is 6.79 Å². The van der Waals surface area contributed by atoms with Gasteiger partial charge in [-0.1, -0.05) is 12.1 Å². The molecule has 0 saturated carbocycles. The number of piperidine rings is 1. The van der Waals surface area contributed by atoms with Gasteiger partial charge >= 0.3 is 0 Å². The number of aliphatic hydroxyl groups excluding tert-OH is 1. The maximum Gasteiger partial charge on any atom is 0.231 e. The predicted octanol–water partition coefficient (Wildman–Crippen LogP) is 2.87. The Kier molecular flexibility index (Phi) is 5.09. The van der Waals surface area contributed by atoms with Gasteiger partial charge in [0.1, 0.15) is 0 Å². The normalized spacial score (nSPS) is 22.0. The Balaban J connectivity index is 1.41. The number of β-amino-alcohol motifs (C(OH)–C–C–N with tert-alkyl or cyclic N) is 1. The molecule has 144 valence electrons. The van der Waals surface area contributed by atoms with Crippen molar-refractivity contribution in [3.8, 4) is 23.0 Å². The fourth-order valence-electron chi connectivity index (χ4n) is 3.86. The van der Waals surface area contributed by atoms with E-state index in [4.69, 9.17) is 14.2 Å². The van der Waals surface area contributed by atoms with E-state index in [1.54, 1.807) is 6.07 Å². The first-order chi connectivity index (χ1) is 13.1. The highest BCUT2D eigenvalue weighted by Gasteiger charge is 2.30. The number of aromatic hydroxyl groups is 1. The molecule has 0 radical (unpaired) electrons. The van der Waals surface area contributed by atoms with Crippen LogP contribution in [0.15, 0.2) is 36.4 Å². The molecule has 0 aliphatic carbocycles. The lowest BCUT2D eigenvalue weighted by Gasteiger charge is -2.36. The molecule has 0 amide bonds. The van der Waals surface area contributed by atoms with Crippen LogP contribution in [-0.4, -0.2) is 47.7 Å². The van der Waals surface area contributed by atoms with Gasteiger partial charge in [0, 0.05) is 19.0 Å². The zero-order valence-electron chi connectivity index (χ0n) is 15.4. The lowest BCUT2D eigenvalue weighted by molar-refractivity contribution is 0.0476. The van der Waals surface area contributed by atoms with Gasteiger partial charge in [0.05, 0.1) is 12.7 Å². The second-order valence-electron chi connectivity index (χ2n) is 7.05. The van der Waals surface area contributed by atoms with Gasteiger partial charge in [-0.3, -0.25) is 4.90 Å². The molecule has 2 aromatic rings. The van der Waals surface area contributed by atoms with E-state index in [0.29, 0.717) is 25.4 Å². The van der Waals surface area contributed by atoms with Gasteiger partial charge in [-0.05, 0) is 55.3 Å². The summed E-state index contributed by atoms with van der Waals surface area (Å²) in [6.07, 6.45) is 0.430. The molecule has 6 heteroatoms. The zero-order chi connectivity index (χ0) is 18.8. The van der Waals surface area contributed by atoms with Crippen LogP contribution in [0.1, 0.15) is 30.4 Å². The number of hydrogen-bond donors (Lipinski definition) is 2. The van der Waals surface area contributed by atoms with Crippen LogP contribution < -0.4 is 14.2 Å². The van der Waals surface area contributed by atoms with Gasteiger partial charge < -0.3 is 24.4 Å². The van der Waals surface area contributed by atoms with Crippen molar-refractivity contribution in [3.05, 3.63) is 47.5 Å². The minimum Gasteiger partial charge on any atom is -0.504 e. The number of likely N-dealkylation sites (tertiary alicyclic amines) is 1. The molecule has 1 saturated heterocycles. The van der Waals surface area contributed by atoms with Crippen molar-refractivity contribution >= 4 is 0 Å². The molecule has 27 heavy (non-hydrogen) atoms. The fraction of sp³-hybridized carbons (Fsp3) is 0.429. The van der Waals surface area contributed by atoms with E-state index in [1.165, 1.54) is 0 Å². The first-order valence-corrected chi connectivity index (χ1v) is 9.38. The zero-order valence-corrected chi connectivity index (χ0v) is 15.4. The summed E-state index contributed by atoms with van der Waals surface area (Å²) in [5.74, 6) is 2.28. The lowest BCUT2D eigenvalue weighted by atomic mass is 9.86. The molecular weight excluding hydrogens is 346 g/mol. The van der Waals surface area contributed by atoms with Crippen LogP contribution in [-0.2, 0) is 6.54 Å². The van der Waals surface area contributed by atoms with Crippen molar-refractivity contribution < 1.29 is 24.4 Å². The average molecular weight is 371 g/mol. The second kappa shape index (κ2) is 7.66. The van der Waals surface area contributed by atoms with Gasteiger partial charge in [-0.15, -0.1) is 0 Å². The largest absolute Gasteiger partial charge is 0.504 e. The average Bonchev–Trinajstić information content (AvgIpc) is 3.12. The minimum absolute atomic E-state index is 0.0922. The lowest BCUT2D eigenvalue weighted by Crippen LogP contribution is -2.42. The maximum absolute atomic E-state index is 10.7. The van der Waals surface area contributed by atoms with Gasteiger partial charge in [0.25, 0.3) is 0 Å². The Bertz CT molecular complexity index is 809. The van der Waals surface area contributed by atoms with Gasteiger partial charge in [-0.25, -0.2) is 0 Å². The summed E-state index contributed by atoms with van der Waals surface area (Å²) >= 11 is 0. The highest BCUT2D eigenvalue weighted by Crippen LogP contribution is 2.38. The number of aliphatic hydroxyl groups is 1. The molecule has 2 N–H and O–H groups in total. The third-order valence-corrected chi connectivity index (χ3v) is 5.22. The van der Waals surface area contributed by atoms with Gasteiger partial charge in [-0.2, -0.15) is 0 Å². The molecule has 2 aliphatic rings. The summed E-state index contributed by atoms with van der Waals surface area (Å²) < 4.78 is 16.3. The Hall–Kier alpha value is -2.44. The summed E-state index contributed by atoms with van der Waals surface area (Å²) in [7, 11) is 0. The topological polar surface area (TPSA) is 71.4 Å². The monoisotopic (exact) mass is 371 g/mol. The number of phenols is 1. The molecule has 4 rings (SSSR count). The number of benzene rings is 2. The minimum atomic E-state index is -0.442. The summed E-state index contributed by atoms with van der Waals surface area (Å²) in [6, 6.07) is 11.4. The molecule has 0 bridgehead atoms. The van der Waals surface area contributed by atoms with Crippen LogP contribution in [0.3, 0.4) is 0 Å². The van der Waals surface area contributed by atoms with E-state index in [0.717, 1.165) is 35.6 Å². The van der Waals surface area contributed by atoms with E-state index in [9.17, 15) is 10.2 Å². The Morgan fingerprint density at radius 3 is 2.81 bits per heavy atom. The first kappa shape index (κ1) is 17.9. The summed E-state index contributed by atoms with van der Waals surface area (Å²) in [5.41, 5.74) is 2.15. The van der Waals surface area contributed by atoms with Crippen molar-refractivity contribution in [2.24, 2.45) is 0 Å². The number of phenolic OH excluding ortho intramolecular Hbond substituents is 1. The molecule has 2 aromatic carbocycles. The number of ether oxygens (including phenoxy) is 3. The van der Waals surface area contributed by atoms with Crippen LogP contribution >= 0.6 is 0 Å². The molecule has 6 nitrogen and oxygen atoms in total. The summed E-state index contributed by atoms with van der Waals surface area (Å²) in [4.78, 5) is 2.23. The van der Waals surface area contributed by atoms with Crippen molar-refractivity contribution in [1.29, 1.82) is 0 Å². The molecule has 2 heterocycles. The number of rotatable bonds is 5. The summed E-state index contributed by atoms with van der Waals surface area (Å²) in [5, 5.41) is 20.6. The number of fused-ring (bicyclic) bond motifs is 1. The Morgan fingerprint density at radius 1 is 1.15 bits per heavy atom. The molecule has 2 aliphatic heterocycles. The number of hydrogen-bond acceptors (Lipinski definition) is 6. The Labute approximate surface area is 158 Å². The molecule has 2 atom stereocenters. The van der Waals surface area contributed by atoms with Crippen molar-refractivity contribution in [1.82, 2.24) is 4.90 Å².